The molecule has 0 fully saturated rings. The first kappa shape index (κ1) is 17.1. The summed E-state index contributed by atoms with van der Waals surface area (Å²) in [4.78, 5) is 16.0. The summed E-state index contributed by atoms with van der Waals surface area (Å²) in [5, 5.41) is 6.66. The summed E-state index contributed by atoms with van der Waals surface area (Å²) in [6.07, 6.45) is 2.51. The molecule has 5 nitrogen and oxygen atoms in total. The van der Waals surface area contributed by atoms with Crippen LogP contribution in [-0.4, -0.2) is 24.5 Å². The Labute approximate surface area is 141 Å². The second-order valence-electron chi connectivity index (χ2n) is 5.11. The molecule has 0 saturated heterocycles. The quantitative estimate of drug-likeness (QED) is 0.840. The van der Waals surface area contributed by atoms with Gasteiger partial charge in [0.15, 0.2) is 0 Å². The molecule has 0 aliphatic carbocycles. The Morgan fingerprint density at radius 3 is 2.74 bits per heavy atom. The number of aryl methyl sites for hydroxylation is 1. The van der Waals surface area contributed by atoms with Gasteiger partial charge in [-0.05, 0) is 37.1 Å². The summed E-state index contributed by atoms with van der Waals surface area (Å²) in [5.41, 5.74) is 2.89. The van der Waals surface area contributed by atoms with Crippen molar-refractivity contribution in [2.24, 2.45) is 0 Å². The molecule has 2 N–H and O–H groups in total. The maximum Gasteiger partial charge on any atom is 0.269 e. The van der Waals surface area contributed by atoms with E-state index in [1.807, 2.05) is 19.9 Å². The third kappa shape index (κ3) is 4.36. The number of halogens is 1. The monoisotopic (exact) mass is 333 g/mol. The number of aromatic nitrogens is 1. The van der Waals surface area contributed by atoms with E-state index < -0.39 is 0 Å². The van der Waals surface area contributed by atoms with Gasteiger partial charge in [0.1, 0.15) is 11.4 Å². The van der Waals surface area contributed by atoms with E-state index in [0.29, 0.717) is 23.0 Å². The van der Waals surface area contributed by atoms with Crippen molar-refractivity contribution < 1.29 is 9.53 Å². The Morgan fingerprint density at radius 1 is 1.35 bits per heavy atom. The van der Waals surface area contributed by atoms with Crippen molar-refractivity contribution >= 4 is 28.9 Å². The van der Waals surface area contributed by atoms with E-state index in [0.717, 1.165) is 23.4 Å². The number of rotatable bonds is 6. The molecular weight excluding hydrogens is 314 g/mol. The number of carbonyl (C=O) groups excluding carboxylic acids is 1. The average Bonchev–Trinajstić information content (AvgIpc) is 2.56. The van der Waals surface area contributed by atoms with Crippen LogP contribution in [0.1, 0.15) is 29.4 Å². The molecule has 0 aliphatic heterocycles. The van der Waals surface area contributed by atoms with Crippen molar-refractivity contribution in [1.82, 2.24) is 10.3 Å². The van der Waals surface area contributed by atoms with Gasteiger partial charge in [0.2, 0.25) is 0 Å². The number of anilines is 2. The van der Waals surface area contributed by atoms with E-state index in [1.54, 1.807) is 31.5 Å². The number of pyridine rings is 1. The highest BCUT2D eigenvalue weighted by atomic mass is 35.5. The topological polar surface area (TPSA) is 63.2 Å². The van der Waals surface area contributed by atoms with Gasteiger partial charge in [0.25, 0.3) is 5.91 Å². The second kappa shape index (κ2) is 7.83. The molecule has 0 atom stereocenters. The van der Waals surface area contributed by atoms with E-state index in [9.17, 15) is 4.79 Å². The van der Waals surface area contributed by atoms with Crippen molar-refractivity contribution in [1.29, 1.82) is 0 Å². The van der Waals surface area contributed by atoms with Gasteiger partial charge < -0.3 is 15.4 Å². The van der Waals surface area contributed by atoms with Crippen LogP contribution in [0, 0.1) is 6.92 Å². The molecule has 0 bridgehead atoms. The zero-order valence-corrected chi connectivity index (χ0v) is 14.2. The SMILES string of the molecule is CCCNC(=O)c1ccc(Nc2cc(C)c(Cl)cc2OC)cn1. The molecule has 1 amide bonds. The Hall–Kier alpha value is -2.27. The highest BCUT2D eigenvalue weighted by Gasteiger charge is 2.09. The summed E-state index contributed by atoms with van der Waals surface area (Å²) in [5.74, 6) is 0.476. The minimum Gasteiger partial charge on any atom is -0.495 e. The normalized spacial score (nSPS) is 10.3. The minimum absolute atomic E-state index is 0.168. The van der Waals surface area contributed by atoms with Crippen LogP contribution < -0.4 is 15.4 Å². The molecule has 0 saturated carbocycles. The fourth-order valence-electron chi connectivity index (χ4n) is 2.02. The Kier molecular flexibility index (Phi) is 5.82. The number of benzene rings is 1. The summed E-state index contributed by atoms with van der Waals surface area (Å²) >= 11 is 6.10. The van der Waals surface area contributed by atoms with Crippen LogP contribution in [0.2, 0.25) is 5.02 Å². The fourth-order valence-corrected chi connectivity index (χ4v) is 2.17. The molecule has 0 unspecified atom stereocenters. The molecule has 23 heavy (non-hydrogen) atoms. The summed E-state index contributed by atoms with van der Waals surface area (Å²) in [6.45, 7) is 4.57. The van der Waals surface area contributed by atoms with Crippen LogP contribution in [0.4, 0.5) is 11.4 Å². The van der Waals surface area contributed by atoms with Gasteiger partial charge in [-0.2, -0.15) is 0 Å². The summed E-state index contributed by atoms with van der Waals surface area (Å²) in [7, 11) is 1.59. The molecule has 0 spiro atoms. The van der Waals surface area contributed by atoms with Crippen LogP contribution in [0.15, 0.2) is 30.5 Å². The summed E-state index contributed by atoms with van der Waals surface area (Å²) in [6, 6.07) is 7.15. The van der Waals surface area contributed by atoms with Crippen molar-refractivity contribution in [2.45, 2.75) is 20.3 Å². The Balaban J connectivity index is 2.15. The first-order chi connectivity index (χ1) is 11.0. The number of hydrogen-bond donors (Lipinski definition) is 2. The van der Waals surface area contributed by atoms with E-state index in [-0.39, 0.29) is 5.91 Å². The van der Waals surface area contributed by atoms with Gasteiger partial charge in [-0.15, -0.1) is 0 Å². The molecular formula is C17H20ClN3O2. The van der Waals surface area contributed by atoms with Crippen molar-refractivity contribution in [3.63, 3.8) is 0 Å². The standard InChI is InChI=1S/C17H20ClN3O2/c1-4-7-19-17(22)14-6-5-12(10-20-14)21-15-8-11(2)13(18)9-16(15)23-3/h5-6,8-10,21H,4,7H2,1-3H3,(H,19,22). The minimum atomic E-state index is -0.168. The predicted octanol–water partition coefficient (Wildman–Crippen LogP) is 3.94. The number of ether oxygens (including phenoxy) is 1. The molecule has 0 radical (unpaired) electrons. The molecule has 1 aromatic heterocycles. The number of nitrogens with one attached hydrogen (secondary N) is 2. The lowest BCUT2D eigenvalue weighted by Crippen LogP contribution is -2.24. The highest BCUT2D eigenvalue weighted by Crippen LogP contribution is 2.32. The van der Waals surface area contributed by atoms with Gasteiger partial charge >= 0.3 is 0 Å². The van der Waals surface area contributed by atoms with Crippen molar-refractivity contribution in [2.75, 3.05) is 19.0 Å². The third-order valence-corrected chi connectivity index (χ3v) is 3.70. The number of amides is 1. The summed E-state index contributed by atoms with van der Waals surface area (Å²) < 4.78 is 5.33. The molecule has 2 aromatic rings. The molecule has 122 valence electrons. The van der Waals surface area contributed by atoms with Gasteiger partial charge in [-0.1, -0.05) is 18.5 Å². The van der Waals surface area contributed by atoms with Crippen molar-refractivity contribution in [3.8, 4) is 5.75 Å². The lowest BCUT2D eigenvalue weighted by Gasteiger charge is -2.13. The van der Waals surface area contributed by atoms with Crippen LogP contribution in [0.25, 0.3) is 0 Å². The third-order valence-electron chi connectivity index (χ3n) is 3.29. The van der Waals surface area contributed by atoms with Gasteiger partial charge in [-0.3, -0.25) is 4.79 Å². The Morgan fingerprint density at radius 2 is 2.13 bits per heavy atom. The number of methoxy groups -OCH3 is 1. The van der Waals surface area contributed by atoms with Crippen LogP contribution in [0.3, 0.4) is 0 Å². The van der Waals surface area contributed by atoms with E-state index in [1.165, 1.54) is 0 Å². The molecule has 6 heteroatoms. The molecule has 1 aromatic carbocycles. The first-order valence-corrected chi connectivity index (χ1v) is 7.78. The predicted molar refractivity (Wildman–Crippen MR) is 92.9 cm³/mol. The maximum atomic E-state index is 11.8. The van der Waals surface area contributed by atoms with Crippen LogP contribution >= 0.6 is 11.6 Å². The lowest BCUT2D eigenvalue weighted by molar-refractivity contribution is 0.0949. The average molecular weight is 334 g/mol. The zero-order valence-electron chi connectivity index (χ0n) is 13.4. The van der Waals surface area contributed by atoms with Crippen LogP contribution in [-0.2, 0) is 0 Å². The lowest BCUT2D eigenvalue weighted by atomic mass is 10.2. The Bertz CT molecular complexity index is 687. The maximum absolute atomic E-state index is 11.8. The number of carbonyl (C=O) groups is 1. The zero-order chi connectivity index (χ0) is 16.8. The smallest absolute Gasteiger partial charge is 0.269 e. The number of nitrogens with zero attached hydrogens (tertiary/aromatic N) is 1. The first-order valence-electron chi connectivity index (χ1n) is 7.40. The van der Waals surface area contributed by atoms with E-state index >= 15 is 0 Å². The molecule has 0 aliphatic rings. The second-order valence-corrected chi connectivity index (χ2v) is 5.52. The number of hydrogen-bond acceptors (Lipinski definition) is 4. The largest absolute Gasteiger partial charge is 0.495 e. The molecule has 1 heterocycles. The molecule has 2 rings (SSSR count). The van der Waals surface area contributed by atoms with Gasteiger partial charge in [-0.25, -0.2) is 4.98 Å². The van der Waals surface area contributed by atoms with E-state index in [2.05, 4.69) is 15.6 Å². The van der Waals surface area contributed by atoms with E-state index in [4.69, 9.17) is 16.3 Å². The van der Waals surface area contributed by atoms with Gasteiger partial charge in [0.05, 0.1) is 24.7 Å². The van der Waals surface area contributed by atoms with Crippen LogP contribution in [0.5, 0.6) is 5.75 Å². The fraction of sp³-hybridized carbons (Fsp3) is 0.294. The van der Waals surface area contributed by atoms with Gasteiger partial charge in [0, 0.05) is 17.6 Å². The highest BCUT2D eigenvalue weighted by molar-refractivity contribution is 6.31. The van der Waals surface area contributed by atoms with Crippen molar-refractivity contribution in [3.05, 3.63) is 46.7 Å².